The van der Waals surface area contributed by atoms with E-state index in [2.05, 4.69) is 26.6 Å². The zero-order chi connectivity index (χ0) is 21.7. The number of carbonyl (C=O) groups excluding carboxylic acids is 1. The predicted octanol–water partition coefficient (Wildman–Crippen LogP) is 5.89. The van der Waals surface area contributed by atoms with Crippen molar-refractivity contribution in [3.8, 4) is 17.1 Å². The Labute approximate surface area is 197 Å². The fourth-order valence-corrected chi connectivity index (χ4v) is 3.73. The normalized spacial score (nSPS) is 10.5. The summed E-state index contributed by atoms with van der Waals surface area (Å²) in [5, 5.41) is 6.50. The molecule has 2 aromatic carbocycles. The zero-order valence-corrected chi connectivity index (χ0v) is 19.7. The van der Waals surface area contributed by atoms with Crippen LogP contribution in [0.2, 0.25) is 10.0 Å². The summed E-state index contributed by atoms with van der Waals surface area (Å²) >= 11 is 20.6. The minimum Gasteiger partial charge on any atom is -0.482 e. The number of benzene rings is 2. The molecule has 1 heterocycles. The van der Waals surface area contributed by atoms with E-state index in [1.165, 1.54) is 0 Å². The summed E-state index contributed by atoms with van der Waals surface area (Å²) in [5.74, 6) is 1.43. The molecule has 0 saturated heterocycles. The number of hydrogen-bond acceptors (Lipinski definition) is 4. The van der Waals surface area contributed by atoms with Crippen LogP contribution >= 0.6 is 51.3 Å². The highest BCUT2D eigenvalue weighted by Gasteiger charge is 2.12. The van der Waals surface area contributed by atoms with Crippen molar-refractivity contribution >= 4 is 62.4 Å². The number of carbonyl (C=O) groups is 1. The van der Waals surface area contributed by atoms with Crippen LogP contribution in [0.4, 0.5) is 0 Å². The van der Waals surface area contributed by atoms with Gasteiger partial charge in [-0.1, -0.05) is 51.3 Å². The molecule has 0 spiro atoms. The number of thiocarbonyl (C=S) groups is 1. The molecular weight excluding hydrogens is 511 g/mol. The van der Waals surface area contributed by atoms with Gasteiger partial charge in [0.2, 0.25) is 0 Å². The largest absolute Gasteiger partial charge is 0.482 e. The molecule has 2 N–H and O–H groups in total. The lowest BCUT2D eigenvalue weighted by atomic mass is 10.2. The Morgan fingerprint density at radius 1 is 1.17 bits per heavy atom. The van der Waals surface area contributed by atoms with Gasteiger partial charge in [0, 0.05) is 15.1 Å². The van der Waals surface area contributed by atoms with Gasteiger partial charge < -0.3 is 19.8 Å². The van der Waals surface area contributed by atoms with Gasteiger partial charge >= 0.3 is 0 Å². The minimum atomic E-state index is -0.409. The third kappa shape index (κ3) is 6.22. The molecule has 1 aromatic heterocycles. The fraction of sp³-hybridized carbons (Fsp3) is 0.143. The zero-order valence-electron chi connectivity index (χ0n) is 15.8. The maximum atomic E-state index is 12.1. The molecule has 0 aliphatic heterocycles. The van der Waals surface area contributed by atoms with Crippen LogP contribution in [0.1, 0.15) is 11.3 Å². The van der Waals surface area contributed by atoms with E-state index in [9.17, 15) is 4.79 Å². The number of aryl methyl sites for hydroxylation is 1. The number of furan rings is 1. The Kier molecular flexibility index (Phi) is 7.77. The topological polar surface area (TPSA) is 63.5 Å². The number of hydrogen-bond donors (Lipinski definition) is 2. The standard InChI is InChI=1S/C21H17BrCl2N2O3S/c1-12-8-15(23)9-17(24)20(12)28-11-19(27)26-21(30)25-10-16-6-7-18(29-16)13-2-4-14(22)5-3-13/h2-9H,10-11H2,1H3,(H2,25,26,27,30). The molecule has 0 saturated carbocycles. The molecule has 0 aliphatic carbocycles. The number of amides is 1. The molecule has 0 radical (unpaired) electrons. The lowest BCUT2D eigenvalue weighted by Crippen LogP contribution is -2.41. The molecule has 0 bridgehead atoms. The van der Waals surface area contributed by atoms with E-state index >= 15 is 0 Å². The summed E-state index contributed by atoms with van der Waals surface area (Å²) in [7, 11) is 0. The first-order valence-electron chi connectivity index (χ1n) is 8.82. The highest BCUT2D eigenvalue weighted by atomic mass is 79.9. The molecule has 0 atom stereocenters. The van der Waals surface area contributed by atoms with E-state index in [4.69, 9.17) is 44.6 Å². The average molecular weight is 528 g/mol. The molecule has 0 fully saturated rings. The van der Waals surface area contributed by atoms with Crippen molar-refractivity contribution in [2.45, 2.75) is 13.5 Å². The van der Waals surface area contributed by atoms with Crippen molar-refractivity contribution in [1.82, 2.24) is 10.6 Å². The lowest BCUT2D eigenvalue weighted by molar-refractivity contribution is -0.121. The Morgan fingerprint density at radius 3 is 2.60 bits per heavy atom. The molecule has 5 nitrogen and oxygen atoms in total. The molecule has 9 heteroatoms. The monoisotopic (exact) mass is 526 g/mol. The quantitative estimate of drug-likeness (QED) is 0.391. The summed E-state index contributed by atoms with van der Waals surface area (Å²) in [6, 6.07) is 14.8. The van der Waals surface area contributed by atoms with E-state index in [-0.39, 0.29) is 11.7 Å². The number of ether oxygens (including phenoxy) is 1. The second-order valence-electron chi connectivity index (χ2n) is 6.33. The summed E-state index contributed by atoms with van der Waals surface area (Å²) in [6.45, 7) is 1.89. The first-order chi connectivity index (χ1) is 14.3. The van der Waals surface area contributed by atoms with Gasteiger partial charge in [-0.05, 0) is 61.1 Å². The smallest absolute Gasteiger partial charge is 0.264 e. The van der Waals surface area contributed by atoms with E-state index < -0.39 is 5.91 Å². The van der Waals surface area contributed by atoms with Crippen molar-refractivity contribution in [3.63, 3.8) is 0 Å². The van der Waals surface area contributed by atoms with Crippen LogP contribution in [-0.4, -0.2) is 17.6 Å². The van der Waals surface area contributed by atoms with Crippen LogP contribution in [0.3, 0.4) is 0 Å². The van der Waals surface area contributed by atoms with Gasteiger partial charge in [-0.3, -0.25) is 4.79 Å². The third-order valence-corrected chi connectivity index (χ3v) is 5.28. The highest BCUT2D eigenvalue weighted by molar-refractivity contribution is 9.10. The van der Waals surface area contributed by atoms with Gasteiger partial charge in [0.1, 0.15) is 17.3 Å². The van der Waals surface area contributed by atoms with Crippen molar-refractivity contribution < 1.29 is 13.9 Å². The van der Waals surface area contributed by atoms with E-state index in [1.807, 2.05) is 36.4 Å². The first kappa shape index (κ1) is 22.6. The summed E-state index contributed by atoms with van der Waals surface area (Å²) < 4.78 is 12.3. The number of rotatable bonds is 6. The average Bonchev–Trinajstić information content (AvgIpc) is 3.15. The second kappa shape index (κ2) is 10.3. The Hall–Kier alpha value is -2.06. The van der Waals surface area contributed by atoms with Crippen LogP contribution in [0.5, 0.6) is 5.75 Å². The first-order valence-corrected chi connectivity index (χ1v) is 10.8. The molecule has 0 unspecified atom stereocenters. The van der Waals surface area contributed by atoms with Gasteiger partial charge in [-0.2, -0.15) is 0 Å². The highest BCUT2D eigenvalue weighted by Crippen LogP contribution is 2.31. The Balaban J connectivity index is 1.47. The van der Waals surface area contributed by atoms with E-state index in [0.29, 0.717) is 28.1 Å². The minimum absolute atomic E-state index is 0.170. The van der Waals surface area contributed by atoms with Crippen LogP contribution in [0, 0.1) is 6.92 Å². The molecule has 3 aromatic rings. The van der Waals surface area contributed by atoms with E-state index in [1.54, 1.807) is 19.1 Å². The van der Waals surface area contributed by atoms with Gasteiger partial charge in [0.25, 0.3) is 5.91 Å². The van der Waals surface area contributed by atoms with Crippen LogP contribution in [0.25, 0.3) is 11.3 Å². The van der Waals surface area contributed by atoms with Gasteiger partial charge in [-0.25, -0.2) is 0 Å². The lowest BCUT2D eigenvalue weighted by Gasteiger charge is -2.12. The van der Waals surface area contributed by atoms with Crippen LogP contribution in [0.15, 0.2) is 57.4 Å². The summed E-state index contributed by atoms with van der Waals surface area (Å²) in [4.78, 5) is 12.1. The molecule has 1 amide bonds. The Bertz CT molecular complexity index is 1050. The van der Waals surface area contributed by atoms with Crippen molar-refractivity contribution in [2.75, 3.05) is 6.61 Å². The summed E-state index contributed by atoms with van der Waals surface area (Å²) in [6.07, 6.45) is 0. The number of nitrogens with one attached hydrogen (secondary N) is 2. The van der Waals surface area contributed by atoms with Gasteiger partial charge in [0.15, 0.2) is 11.7 Å². The molecule has 0 aliphatic rings. The predicted molar refractivity (Wildman–Crippen MR) is 126 cm³/mol. The molecular formula is C21H17BrCl2N2O3S. The molecule has 3 rings (SSSR count). The van der Waals surface area contributed by atoms with Crippen molar-refractivity contribution in [2.24, 2.45) is 0 Å². The maximum absolute atomic E-state index is 12.1. The fourth-order valence-electron chi connectivity index (χ4n) is 2.63. The van der Waals surface area contributed by atoms with E-state index in [0.717, 1.165) is 21.4 Å². The third-order valence-electron chi connectivity index (χ3n) is 4.01. The summed E-state index contributed by atoms with van der Waals surface area (Å²) in [5.41, 5.74) is 1.70. The van der Waals surface area contributed by atoms with Crippen molar-refractivity contribution in [3.05, 3.63) is 74.4 Å². The SMILES string of the molecule is Cc1cc(Cl)cc(Cl)c1OCC(=O)NC(=S)NCc1ccc(-c2ccc(Br)cc2)o1. The maximum Gasteiger partial charge on any atom is 0.264 e. The van der Waals surface area contributed by atoms with Crippen molar-refractivity contribution in [1.29, 1.82) is 0 Å². The molecule has 30 heavy (non-hydrogen) atoms. The second-order valence-corrected chi connectivity index (χ2v) is 8.49. The van der Waals surface area contributed by atoms with Gasteiger partial charge in [0.05, 0.1) is 11.6 Å². The van der Waals surface area contributed by atoms with Gasteiger partial charge in [-0.15, -0.1) is 0 Å². The van der Waals surface area contributed by atoms with Crippen LogP contribution < -0.4 is 15.4 Å². The van der Waals surface area contributed by atoms with Crippen LogP contribution in [-0.2, 0) is 11.3 Å². The number of halogens is 3. The Morgan fingerprint density at radius 2 is 1.90 bits per heavy atom. The molecule has 156 valence electrons.